The highest BCUT2D eigenvalue weighted by Gasteiger charge is 2.41. The molecule has 2 rings (SSSR count). The number of nitrogens with zero attached hydrogens (tertiary/aromatic N) is 2. The number of aliphatic hydroxyl groups is 1. The molecule has 0 bridgehead atoms. The van der Waals surface area contributed by atoms with Gasteiger partial charge in [0, 0.05) is 19.6 Å². The lowest BCUT2D eigenvalue weighted by atomic mass is 10.0. The maximum absolute atomic E-state index is 12.6. The third kappa shape index (κ3) is 2.57. The molecular formula is C12H24N2O3S. The van der Waals surface area contributed by atoms with E-state index in [9.17, 15) is 13.5 Å². The van der Waals surface area contributed by atoms with Crippen LogP contribution in [-0.4, -0.2) is 54.4 Å². The molecular weight excluding hydrogens is 252 g/mol. The molecule has 18 heavy (non-hydrogen) atoms. The minimum Gasteiger partial charge on any atom is -0.395 e. The first-order chi connectivity index (χ1) is 8.46. The third-order valence-electron chi connectivity index (χ3n) is 4.38. The molecule has 2 aliphatic rings. The first-order valence-corrected chi connectivity index (χ1v) is 8.24. The summed E-state index contributed by atoms with van der Waals surface area (Å²) in [6.07, 6.45) is 2.72. The molecule has 0 amide bonds. The van der Waals surface area contributed by atoms with Crippen molar-refractivity contribution in [1.82, 2.24) is 8.61 Å². The Morgan fingerprint density at radius 3 is 2.28 bits per heavy atom. The summed E-state index contributed by atoms with van der Waals surface area (Å²) in [7, 11) is -3.37. The number of hydrogen-bond acceptors (Lipinski definition) is 3. The molecule has 0 spiro atoms. The highest BCUT2D eigenvalue weighted by molar-refractivity contribution is 7.86. The second kappa shape index (κ2) is 5.45. The lowest BCUT2D eigenvalue weighted by Crippen LogP contribution is -2.50. The average Bonchev–Trinajstić information content (AvgIpc) is 2.71. The molecule has 2 atom stereocenters. The summed E-state index contributed by atoms with van der Waals surface area (Å²) in [6, 6.07) is -0.241. The quantitative estimate of drug-likeness (QED) is 0.824. The summed E-state index contributed by atoms with van der Waals surface area (Å²) in [4.78, 5) is 0. The van der Waals surface area contributed by atoms with Crippen molar-refractivity contribution in [2.24, 2.45) is 11.8 Å². The lowest BCUT2D eigenvalue weighted by molar-refractivity contribution is 0.180. The van der Waals surface area contributed by atoms with Gasteiger partial charge in [0.2, 0.25) is 0 Å². The van der Waals surface area contributed by atoms with E-state index in [2.05, 4.69) is 6.92 Å². The normalized spacial score (nSPS) is 33.1. The fourth-order valence-electron chi connectivity index (χ4n) is 2.89. The van der Waals surface area contributed by atoms with Gasteiger partial charge in [-0.25, -0.2) is 0 Å². The van der Waals surface area contributed by atoms with Crippen LogP contribution in [0.15, 0.2) is 0 Å². The van der Waals surface area contributed by atoms with E-state index in [1.165, 1.54) is 4.31 Å². The topological polar surface area (TPSA) is 60.9 Å². The van der Waals surface area contributed by atoms with E-state index in [4.69, 9.17) is 0 Å². The molecule has 0 aromatic rings. The second-order valence-electron chi connectivity index (χ2n) is 5.72. The number of piperidine rings is 1. The van der Waals surface area contributed by atoms with Crippen molar-refractivity contribution in [2.45, 2.75) is 39.2 Å². The van der Waals surface area contributed by atoms with Crippen molar-refractivity contribution in [1.29, 1.82) is 0 Å². The van der Waals surface area contributed by atoms with Gasteiger partial charge in [0.25, 0.3) is 10.2 Å². The van der Waals surface area contributed by atoms with Crippen molar-refractivity contribution >= 4 is 10.2 Å². The molecule has 2 heterocycles. The van der Waals surface area contributed by atoms with E-state index in [1.54, 1.807) is 4.31 Å². The van der Waals surface area contributed by atoms with Crippen molar-refractivity contribution in [3.8, 4) is 0 Å². The molecule has 0 saturated carbocycles. The Kier molecular flexibility index (Phi) is 4.31. The Bertz CT molecular complexity index is 377. The van der Waals surface area contributed by atoms with Crippen molar-refractivity contribution in [2.75, 3.05) is 26.2 Å². The van der Waals surface area contributed by atoms with Crippen LogP contribution < -0.4 is 0 Å². The fraction of sp³-hybridized carbons (Fsp3) is 1.00. The summed E-state index contributed by atoms with van der Waals surface area (Å²) < 4.78 is 28.2. The summed E-state index contributed by atoms with van der Waals surface area (Å²) in [5, 5.41) is 9.39. The molecule has 2 fully saturated rings. The molecule has 2 saturated heterocycles. The van der Waals surface area contributed by atoms with Crippen LogP contribution in [-0.2, 0) is 10.2 Å². The van der Waals surface area contributed by atoms with E-state index in [1.807, 2.05) is 6.92 Å². The van der Waals surface area contributed by atoms with E-state index < -0.39 is 10.2 Å². The maximum atomic E-state index is 12.6. The van der Waals surface area contributed by atoms with Crippen molar-refractivity contribution < 1.29 is 13.5 Å². The van der Waals surface area contributed by atoms with E-state index in [-0.39, 0.29) is 18.6 Å². The summed E-state index contributed by atoms with van der Waals surface area (Å²) >= 11 is 0. The summed E-state index contributed by atoms with van der Waals surface area (Å²) in [5.41, 5.74) is 0. The van der Waals surface area contributed by atoms with Crippen LogP contribution in [0, 0.1) is 11.8 Å². The van der Waals surface area contributed by atoms with Crippen LogP contribution in [0.4, 0.5) is 0 Å². The molecule has 6 heteroatoms. The zero-order chi connectivity index (χ0) is 13.3. The van der Waals surface area contributed by atoms with Gasteiger partial charge in [-0.15, -0.1) is 0 Å². The predicted molar refractivity (Wildman–Crippen MR) is 70.3 cm³/mol. The van der Waals surface area contributed by atoms with E-state index >= 15 is 0 Å². The van der Waals surface area contributed by atoms with E-state index in [0.717, 1.165) is 19.3 Å². The number of aliphatic hydroxyl groups excluding tert-OH is 1. The van der Waals surface area contributed by atoms with Gasteiger partial charge < -0.3 is 5.11 Å². The predicted octanol–water partition coefficient (Wildman–Crippen LogP) is 0.666. The Hall–Kier alpha value is -0.170. The van der Waals surface area contributed by atoms with Crippen LogP contribution in [0.3, 0.4) is 0 Å². The van der Waals surface area contributed by atoms with Crippen LogP contribution in [0.25, 0.3) is 0 Å². The van der Waals surface area contributed by atoms with Gasteiger partial charge in [0.1, 0.15) is 0 Å². The van der Waals surface area contributed by atoms with Gasteiger partial charge in [-0.2, -0.15) is 17.0 Å². The Morgan fingerprint density at radius 2 is 1.72 bits per heavy atom. The van der Waals surface area contributed by atoms with Gasteiger partial charge in [-0.1, -0.05) is 13.8 Å². The first kappa shape index (κ1) is 14.2. The molecule has 1 N–H and O–H groups in total. The van der Waals surface area contributed by atoms with Crippen LogP contribution >= 0.6 is 0 Å². The molecule has 5 nitrogen and oxygen atoms in total. The van der Waals surface area contributed by atoms with Crippen molar-refractivity contribution in [3.63, 3.8) is 0 Å². The third-order valence-corrected chi connectivity index (χ3v) is 6.45. The Labute approximate surface area is 110 Å². The zero-order valence-electron chi connectivity index (χ0n) is 11.2. The molecule has 2 aliphatic heterocycles. The first-order valence-electron chi connectivity index (χ1n) is 6.84. The molecule has 0 aromatic carbocycles. The fourth-order valence-corrected chi connectivity index (χ4v) is 4.82. The molecule has 106 valence electrons. The average molecular weight is 276 g/mol. The molecule has 0 radical (unpaired) electrons. The Morgan fingerprint density at radius 1 is 1.11 bits per heavy atom. The maximum Gasteiger partial charge on any atom is 0.282 e. The highest BCUT2D eigenvalue weighted by Crippen LogP contribution is 2.29. The van der Waals surface area contributed by atoms with Gasteiger partial charge in [-0.3, -0.25) is 0 Å². The highest BCUT2D eigenvalue weighted by atomic mass is 32.2. The van der Waals surface area contributed by atoms with Gasteiger partial charge >= 0.3 is 0 Å². The van der Waals surface area contributed by atoms with Crippen LogP contribution in [0.1, 0.15) is 33.1 Å². The van der Waals surface area contributed by atoms with Gasteiger partial charge in [0.15, 0.2) is 0 Å². The SMILES string of the molecule is CC1CCN(S(=O)(=O)N2CCC(C)C2CO)CC1. The van der Waals surface area contributed by atoms with Gasteiger partial charge in [0.05, 0.1) is 12.6 Å². The largest absolute Gasteiger partial charge is 0.395 e. The number of hydrogen-bond donors (Lipinski definition) is 1. The summed E-state index contributed by atoms with van der Waals surface area (Å²) in [5.74, 6) is 0.857. The zero-order valence-corrected chi connectivity index (χ0v) is 12.1. The summed E-state index contributed by atoms with van der Waals surface area (Å²) in [6.45, 7) is 5.87. The standard InChI is InChI=1S/C12H24N2O3S/c1-10-3-6-13(7-4-10)18(16,17)14-8-5-11(2)12(14)9-15/h10-12,15H,3-9H2,1-2H3. The van der Waals surface area contributed by atoms with Crippen LogP contribution in [0.5, 0.6) is 0 Å². The Balaban J connectivity index is 2.11. The molecule has 0 aliphatic carbocycles. The van der Waals surface area contributed by atoms with Crippen molar-refractivity contribution in [3.05, 3.63) is 0 Å². The van der Waals surface area contributed by atoms with Gasteiger partial charge in [-0.05, 0) is 31.1 Å². The molecule has 2 unspecified atom stereocenters. The minimum absolute atomic E-state index is 0.0787. The lowest BCUT2D eigenvalue weighted by Gasteiger charge is -2.34. The second-order valence-corrected chi connectivity index (χ2v) is 7.60. The monoisotopic (exact) mass is 276 g/mol. The van der Waals surface area contributed by atoms with Crippen LogP contribution in [0.2, 0.25) is 0 Å². The smallest absolute Gasteiger partial charge is 0.282 e. The minimum atomic E-state index is -3.37. The van der Waals surface area contributed by atoms with E-state index in [0.29, 0.717) is 25.6 Å². The number of rotatable bonds is 3. The molecule has 0 aromatic heterocycles.